The van der Waals surface area contributed by atoms with Crippen molar-refractivity contribution in [3.8, 4) is 11.3 Å². The van der Waals surface area contributed by atoms with Gasteiger partial charge >= 0.3 is 0 Å². The Morgan fingerprint density at radius 3 is 2.49 bits per heavy atom. The fourth-order valence-corrected chi connectivity index (χ4v) is 8.18. The molecule has 174 valence electrons. The summed E-state index contributed by atoms with van der Waals surface area (Å²) in [4.78, 5) is 2.85. The van der Waals surface area contributed by atoms with Crippen LogP contribution in [0, 0.1) is 26.7 Å². The van der Waals surface area contributed by atoms with E-state index < -0.39 is 0 Å². The van der Waals surface area contributed by atoms with Gasteiger partial charge in [0.05, 0.1) is 10.9 Å². The van der Waals surface area contributed by atoms with E-state index in [2.05, 4.69) is 87.1 Å². The third-order valence-electron chi connectivity index (χ3n) is 8.69. The van der Waals surface area contributed by atoms with Crippen molar-refractivity contribution in [3.63, 3.8) is 0 Å². The highest BCUT2D eigenvalue weighted by Gasteiger charge is 2.31. The van der Waals surface area contributed by atoms with Gasteiger partial charge in [0.2, 0.25) is 5.69 Å². The highest BCUT2D eigenvalue weighted by Crippen LogP contribution is 2.52. The Morgan fingerprint density at radius 2 is 1.66 bits per heavy atom. The maximum atomic E-state index is 2.52. The van der Waals surface area contributed by atoms with E-state index in [1.165, 1.54) is 108 Å². The summed E-state index contributed by atoms with van der Waals surface area (Å²) >= 11 is 2.00. The molecule has 1 nitrogen and oxygen atoms in total. The molecule has 1 aromatic heterocycles. The van der Waals surface area contributed by atoms with Gasteiger partial charge in [-0.2, -0.15) is 0 Å². The van der Waals surface area contributed by atoms with Crippen LogP contribution in [0.15, 0.2) is 64.5 Å². The Balaban J connectivity index is 1.56. The molecule has 0 saturated heterocycles. The number of hydrogen-bond acceptors (Lipinski definition) is 1. The highest BCUT2D eigenvalue weighted by atomic mass is 32.2. The number of rotatable bonds is 2. The Bertz CT molecular complexity index is 1690. The molecule has 0 radical (unpaired) electrons. The van der Waals surface area contributed by atoms with Crippen LogP contribution in [0.3, 0.4) is 0 Å². The second-order valence-electron chi connectivity index (χ2n) is 10.9. The lowest BCUT2D eigenvalue weighted by atomic mass is 9.88. The fraction of sp³-hybridized carbons (Fsp3) is 0.303. The summed E-state index contributed by atoms with van der Waals surface area (Å²) in [5, 5.41) is 8.48. The Morgan fingerprint density at radius 1 is 0.829 bits per heavy atom. The zero-order valence-corrected chi connectivity index (χ0v) is 22.0. The molecule has 2 heteroatoms. The second kappa shape index (κ2) is 7.83. The molecule has 0 bridgehead atoms. The number of pyridine rings is 1. The predicted molar refractivity (Wildman–Crippen MR) is 150 cm³/mol. The Hall–Kier alpha value is -2.84. The van der Waals surface area contributed by atoms with Crippen LogP contribution in [-0.4, -0.2) is 0 Å². The molecule has 0 spiro atoms. The minimum atomic E-state index is 0.852. The monoisotopic (exact) mass is 474 g/mol. The SMILES string of the molecule is Cc1ccc2c(C)c3c(c(C)c2c1)-c1c2c(cc4c(CC5CCCC5)cccc4c2cc[n+]1C)S3. The van der Waals surface area contributed by atoms with E-state index in [-0.39, 0.29) is 0 Å². The zero-order chi connectivity index (χ0) is 23.8. The van der Waals surface area contributed by atoms with E-state index in [9.17, 15) is 0 Å². The van der Waals surface area contributed by atoms with E-state index in [1.54, 1.807) is 0 Å². The first-order valence-electron chi connectivity index (χ1n) is 13.1. The third-order valence-corrected chi connectivity index (χ3v) is 9.95. The fourth-order valence-electron chi connectivity index (χ4n) is 6.86. The van der Waals surface area contributed by atoms with Crippen molar-refractivity contribution in [2.75, 3.05) is 0 Å². The van der Waals surface area contributed by atoms with Gasteiger partial charge in [-0.1, -0.05) is 79.4 Å². The second-order valence-corrected chi connectivity index (χ2v) is 12.0. The molecule has 35 heavy (non-hydrogen) atoms. The first-order valence-corrected chi connectivity index (χ1v) is 13.9. The number of benzene rings is 4. The molecule has 0 unspecified atom stereocenters. The van der Waals surface area contributed by atoms with Gasteiger partial charge < -0.3 is 0 Å². The molecular weight excluding hydrogens is 442 g/mol. The summed E-state index contributed by atoms with van der Waals surface area (Å²) in [6.45, 7) is 6.85. The molecule has 2 heterocycles. The van der Waals surface area contributed by atoms with E-state index in [1.807, 2.05) is 11.8 Å². The summed E-state index contributed by atoms with van der Waals surface area (Å²) in [6.07, 6.45) is 9.09. The zero-order valence-electron chi connectivity index (χ0n) is 21.2. The van der Waals surface area contributed by atoms with Crippen molar-refractivity contribution >= 4 is 44.1 Å². The average Bonchev–Trinajstić information content (AvgIpc) is 3.37. The molecule has 1 fully saturated rings. The van der Waals surface area contributed by atoms with Gasteiger partial charge in [0, 0.05) is 21.2 Å². The first-order chi connectivity index (χ1) is 17.0. The van der Waals surface area contributed by atoms with Crippen LogP contribution in [0.25, 0.3) is 43.6 Å². The van der Waals surface area contributed by atoms with Gasteiger partial charge in [0.1, 0.15) is 7.05 Å². The topological polar surface area (TPSA) is 3.88 Å². The average molecular weight is 475 g/mol. The molecule has 1 aliphatic carbocycles. The summed E-state index contributed by atoms with van der Waals surface area (Å²) in [5.41, 5.74) is 8.47. The maximum absolute atomic E-state index is 2.52. The number of aryl methyl sites for hydroxylation is 4. The molecule has 7 rings (SSSR count). The minimum absolute atomic E-state index is 0.852. The van der Waals surface area contributed by atoms with E-state index in [0.29, 0.717) is 0 Å². The number of fused-ring (bicyclic) bond motifs is 5. The standard InChI is InChI=1S/C33H32NS/c1-19-12-13-24-21(3)33-30(20(2)27(24)16-19)32-31-26(14-15-34(32)4)25-11-7-10-23(17-22-8-5-6-9-22)28(25)18-29(31)35-33/h7,10-16,18,22H,5-6,8-9,17H2,1-4H3/q+1. The van der Waals surface area contributed by atoms with E-state index >= 15 is 0 Å². The predicted octanol–water partition coefficient (Wildman–Crippen LogP) is 8.76. The lowest BCUT2D eigenvalue weighted by Crippen LogP contribution is -2.32. The molecule has 5 aromatic rings. The van der Waals surface area contributed by atoms with Crippen LogP contribution in [0.2, 0.25) is 0 Å². The van der Waals surface area contributed by atoms with Crippen molar-refractivity contribution in [1.82, 2.24) is 0 Å². The molecule has 0 N–H and O–H groups in total. The van der Waals surface area contributed by atoms with Crippen LogP contribution in [0.5, 0.6) is 0 Å². The molecule has 1 aliphatic heterocycles. The molecule has 4 aromatic carbocycles. The summed E-state index contributed by atoms with van der Waals surface area (Å²) in [5.74, 6) is 0.852. The van der Waals surface area contributed by atoms with Crippen molar-refractivity contribution in [1.29, 1.82) is 0 Å². The molecule has 0 amide bonds. The van der Waals surface area contributed by atoms with E-state index in [4.69, 9.17) is 0 Å². The van der Waals surface area contributed by atoms with Crippen molar-refractivity contribution in [2.45, 2.75) is 62.7 Å². The van der Waals surface area contributed by atoms with Crippen LogP contribution in [-0.2, 0) is 13.5 Å². The lowest BCUT2D eigenvalue weighted by Gasteiger charge is -2.24. The molecule has 0 atom stereocenters. The van der Waals surface area contributed by atoms with Crippen LogP contribution >= 0.6 is 11.8 Å². The van der Waals surface area contributed by atoms with Gasteiger partial charge in [0.25, 0.3) is 0 Å². The molecule has 2 aliphatic rings. The van der Waals surface area contributed by atoms with Gasteiger partial charge in [-0.15, -0.1) is 0 Å². The first kappa shape index (κ1) is 21.4. The molecular formula is C33H32NS+. The maximum Gasteiger partial charge on any atom is 0.222 e. The molecule has 1 saturated carbocycles. The van der Waals surface area contributed by atoms with Gasteiger partial charge in [0.15, 0.2) is 6.20 Å². The lowest BCUT2D eigenvalue weighted by molar-refractivity contribution is -0.659. The minimum Gasteiger partial charge on any atom is -0.200 e. The van der Waals surface area contributed by atoms with Gasteiger partial charge in [-0.25, -0.2) is 4.57 Å². The van der Waals surface area contributed by atoms with Gasteiger partial charge in [-0.05, 0) is 77.4 Å². The van der Waals surface area contributed by atoms with Crippen LogP contribution in [0.4, 0.5) is 0 Å². The van der Waals surface area contributed by atoms with E-state index in [0.717, 1.165) is 5.92 Å². The third kappa shape index (κ3) is 3.12. The smallest absolute Gasteiger partial charge is 0.200 e. The van der Waals surface area contributed by atoms with Crippen molar-refractivity contribution < 1.29 is 4.57 Å². The number of hydrogen-bond donors (Lipinski definition) is 0. The number of aromatic nitrogens is 1. The Labute approximate surface area is 212 Å². The van der Waals surface area contributed by atoms with Crippen molar-refractivity contribution in [2.24, 2.45) is 13.0 Å². The quantitative estimate of drug-likeness (QED) is 0.179. The van der Waals surface area contributed by atoms with Crippen molar-refractivity contribution in [3.05, 3.63) is 77.0 Å². The van der Waals surface area contributed by atoms with Crippen LogP contribution < -0.4 is 4.57 Å². The van der Waals surface area contributed by atoms with Crippen LogP contribution in [0.1, 0.15) is 47.9 Å². The Kier molecular flexibility index (Phi) is 4.80. The number of nitrogens with zero attached hydrogens (tertiary/aromatic N) is 1. The largest absolute Gasteiger partial charge is 0.222 e. The summed E-state index contributed by atoms with van der Waals surface area (Å²) in [6, 6.07) is 18.8. The summed E-state index contributed by atoms with van der Waals surface area (Å²) < 4.78 is 2.35. The highest BCUT2D eigenvalue weighted by molar-refractivity contribution is 8.00. The van der Waals surface area contributed by atoms with Gasteiger partial charge in [-0.3, -0.25) is 0 Å². The normalized spacial score (nSPS) is 15.4. The summed E-state index contributed by atoms with van der Waals surface area (Å²) in [7, 11) is 2.22.